The number of carbonyl (C=O) groups excluding carboxylic acids is 2. The van der Waals surface area contributed by atoms with E-state index in [2.05, 4.69) is 85.4 Å². The first-order valence-corrected chi connectivity index (χ1v) is 14.7. The summed E-state index contributed by atoms with van der Waals surface area (Å²) >= 11 is 0. The molecule has 0 bridgehead atoms. The molecule has 2 fully saturated rings. The Labute approximate surface area is 242 Å². The number of likely N-dealkylation sites (tertiary alicyclic amines) is 2. The highest BCUT2D eigenvalue weighted by molar-refractivity contribution is 6.00. The van der Waals surface area contributed by atoms with Crippen LogP contribution in [-0.2, 0) is 25.5 Å². The summed E-state index contributed by atoms with van der Waals surface area (Å²) in [6.45, 7) is 17.2. The standard InChI is InChI=1S/C33H51N3O4/c1-29(2)20-25(21-30(3,4)35(29)9)39-27(37)33(17-14-18-34,19-24-15-12-11-13-16-24)28(38)40-26-22-31(5,6)36(10)32(7,8)23-26/h11-13,15-16,25-26H,14,17,19-23H2,1-10H3. The molecule has 1 aromatic carbocycles. The van der Waals surface area contributed by atoms with E-state index < -0.39 is 17.4 Å². The topological polar surface area (TPSA) is 82.9 Å². The van der Waals surface area contributed by atoms with Crippen LogP contribution in [0.25, 0.3) is 0 Å². The van der Waals surface area contributed by atoms with Crippen LogP contribution >= 0.6 is 0 Å². The fourth-order valence-electron chi connectivity index (χ4n) is 6.99. The van der Waals surface area contributed by atoms with Gasteiger partial charge in [-0.3, -0.25) is 19.4 Å². The third-order valence-corrected chi connectivity index (χ3v) is 9.88. The predicted molar refractivity (Wildman–Crippen MR) is 157 cm³/mol. The number of rotatable bonds is 8. The van der Waals surface area contributed by atoms with Crippen molar-refractivity contribution in [3.63, 3.8) is 0 Å². The van der Waals surface area contributed by atoms with Gasteiger partial charge in [0.05, 0.1) is 6.07 Å². The van der Waals surface area contributed by atoms with Crippen LogP contribution in [0.5, 0.6) is 0 Å². The van der Waals surface area contributed by atoms with E-state index in [1.165, 1.54) is 0 Å². The lowest BCUT2D eigenvalue weighted by atomic mass is 9.76. The number of ether oxygens (including phenoxy) is 2. The minimum atomic E-state index is -1.60. The third kappa shape index (κ3) is 6.71. The van der Waals surface area contributed by atoms with Crippen molar-refractivity contribution in [2.75, 3.05) is 14.1 Å². The molecule has 0 saturated carbocycles. The lowest BCUT2D eigenvalue weighted by Crippen LogP contribution is -2.61. The van der Waals surface area contributed by atoms with Gasteiger partial charge >= 0.3 is 11.9 Å². The molecule has 7 nitrogen and oxygen atoms in total. The van der Waals surface area contributed by atoms with Crippen molar-refractivity contribution in [2.24, 2.45) is 5.41 Å². The molecule has 0 atom stereocenters. The zero-order valence-electron chi connectivity index (χ0n) is 26.5. The van der Waals surface area contributed by atoms with Crippen LogP contribution in [0.4, 0.5) is 0 Å². The third-order valence-electron chi connectivity index (χ3n) is 9.88. The molecule has 222 valence electrons. The van der Waals surface area contributed by atoms with E-state index in [-0.39, 0.29) is 53.6 Å². The number of hydrogen-bond donors (Lipinski definition) is 0. The number of esters is 2. The number of nitrogens with zero attached hydrogens (tertiary/aromatic N) is 3. The summed E-state index contributed by atoms with van der Waals surface area (Å²) in [5.41, 5.74) is -1.52. The summed E-state index contributed by atoms with van der Waals surface area (Å²) in [5, 5.41) is 9.57. The lowest BCUT2D eigenvalue weighted by molar-refractivity contribution is -0.188. The maximum absolute atomic E-state index is 14.3. The van der Waals surface area contributed by atoms with Crippen molar-refractivity contribution in [3.8, 4) is 6.07 Å². The summed E-state index contributed by atoms with van der Waals surface area (Å²) in [4.78, 5) is 33.2. The molecule has 1 aromatic rings. The number of benzene rings is 1. The minimum absolute atomic E-state index is 0.0474. The van der Waals surface area contributed by atoms with Gasteiger partial charge in [-0.1, -0.05) is 30.3 Å². The molecule has 0 radical (unpaired) electrons. The molecule has 2 aliphatic heterocycles. The Morgan fingerprint density at radius 3 is 1.52 bits per heavy atom. The molecule has 3 rings (SSSR count). The second kappa shape index (κ2) is 11.4. The van der Waals surface area contributed by atoms with Crippen LogP contribution in [0.1, 0.15) is 99.5 Å². The zero-order valence-corrected chi connectivity index (χ0v) is 26.5. The second-order valence-corrected chi connectivity index (χ2v) is 14.6. The van der Waals surface area contributed by atoms with E-state index in [0.29, 0.717) is 25.7 Å². The van der Waals surface area contributed by atoms with Gasteiger partial charge in [-0.15, -0.1) is 0 Å². The molecular formula is C33H51N3O4. The highest BCUT2D eigenvalue weighted by atomic mass is 16.6. The van der Waals surface area contributed by atoms with Crippen molar-refractivity contribution in [3.05, 3.63) is 35.9 Å². The summed E-state index contributed by atoms with van der Waals surface area (Å²) < 4.78 is 12.5. The van der Waals surface area contributed by atoms with Gasteiger partial charge in [0.2, 0.25) is 0 Å². The normalized spacial score (nSPS) is 23.2. The van der Waals surface area contributed by atoms with Crippen molar-refractivity contribution < 1.29 is 19.1 Å². The van der Waals surface area contributed by atoms with Crippen molar-refractivity contribution >= 4 is 11.9 Å². The number of carbonyl (C=O) groups is 2. The van der Waals surface area contributed by atoms with Crippen LogP contribution in [0.3, 0.4) is 0 Å². The Morgan fingerprint density at radius 2 is 1.18 bits per heavy atom. The molecular weight excluding hydrogens is 502 g/mol. The molecule has 2 aliphatic rings. The van der Waals surface area contributed by atoms with E-state index in [1.54, 1.807) is 0 Å². The molecule has 0 aromatic heterocycles. The molecule has 2 heterocycles. The largest absolute Gasteiger partial charge is 0.461 e. The average molecular weight is 554 g/mol. The molecule has 0 N–H and O–H groups in total. The van der Waals surface area contributed by atoms with E-state index in [4.69, 9.17) is 9.47 Å². The van der Waals surface area contributed by atoms with Crippen molar-refractivity contribution in [2.45, 2.75) is 135 Å². The van der Waals surface area contributed by atoms with Gasteiger partial charge in [-0.05, 0) is 87.9 Å². The highest BCUT2D eigenvalue weighted by Crippen LogP contribution is 2.42. The van der Waals surface area contributed by atoms with E-state index in [9.17, 15) is 14.9 Å². The molecule has 0 unspecified atom stereocenters. The SMILES string of the molecule is CN1C(C)(C)CC(OC(=O)C(CCC#N)(Cc2ccccc2)C(=O)OC2CC(C)(C)N(C)C(C)(C)C2)CC1(C)C. The van der Waals surface area contributed by atoms with Gasteiger partial charge in [0, 0.05) is 54.3 Å². The Morgan fingerprint density at radius 1 is 0.800 bits per heavy atom. The molecule has 0 amide bonds. The van der Waals surface area contributed by atoms with Gasteiger partial charge < -0.3 is 9.47 Å². The average Bonchev–Trinajstić information content (AvgIpc) is 2.83. The summed E-state index contributed by atoms with van der Waals surface area (Å²) in [6.07, 6.45) is 2.16. The van der Waals surface area contributed by atoms with Gasteiger partial charge in [0.1, 0.15) is 12.2 Å². The van der Waals surface area contributed by atoms with Crippen molar-refractivity contribution in [1.29, 1.82) is 5.26 Å². The summed E-state index contributed by atoms with van der Waals surface area (Å²) in [5.74, 6) is -1.16. The predicted octanol–water partition coefficient (Wildman–Crippen LogP) is 5.91. The highest BCUT2D eigenvalue weighted by Gasteiger charge is 2.53. The Balaban J connectivity index is 1.98. The van der Waals surface area contributed by atoms with Crippen LogP contribution in [0.2, 0.25) is 0 Å². The Kier molecular flexibility index (Phi) is 9.19. The van der Waals surface area contributed by atoms with Gasteiger partial charge in [-0.25, -0.2) is 0 Å². The van der Waals surface area contributed by atoms with Crippen molar-refractivity contribution in [1.82, 2.24) is 9.80 Å². The smallest absolute Gasteiger partial charge is 0.324 e. The molecule has 7 heteroatoms. The first-order chi connectivity index (χ1) is 18.4. The number of nitriles is 1. The summed E-state index contributed by atoms with van der Waals surface area (Å²) in [6, 6.07) is 11.7. The molecule has 0 spiro atoms. The first-order valence-electron chi connectivity index (χ1n) is 14.7. The Bertz CT molecular complexity index is 1010. The number of hydrogen-bond acceptors (Lipinski definition) is 7. The molecule has 0 aliphatic carbocycles. The maximum atomic E-state index is 14.3. The fraction of sp³-hybridized carbons (Fsp3) is 0.727. The van der Waals surface area contributed by atoms with E-state index >= 15 is 0 Å². The van der Waals surface area contributed by atoms with E-state index in [0.717, 1.165) is 5.56 Å². The molecule has 40 heavy (non-hydrogen) atoms. The lowest BCUT2D eigenvalue weighted by Gasteiger charge is -2.53. The van der Waals surface area contributed by atoms with Crippen LogP contribution in [0, 0.1) is 16.7 Å². The first kappa shape index (κ1) is 32.1. The minimum Gasteiger partial charge on any atom is -0.461 e. The monoisotopic (exact) mass is 553 g/mol. The summed E-state index contributed by atoms with van der Waals surface area (Å²) in [7, 11) is 4.21. The second-order valence-electron chi connectivity index (χ2n) is 14.6. The number of piperidine rings is 2. The fourth-order valence-corrected chi connectivity index (χ4v) is 6.99. The van der Waals surface area contributed by atoms with Crippen LogP contribution < -0.4 is 0 Å². The van der Waals surface area contributed by atoms with Gasteiger partial charge in [0.15, 0.2) is 5.41 Å². The van der Waals surface area contributed by atoms with Gasteiger partial charge in [0.25, 0.3) is 0 Å². The maximum Gasteiger partial charge on any atom is 0.324 e. The quantitative estimate of drug-likeness (QED) is 0.292. The van der Waals surface area contributed by atoms with Crippen LogP contribution in [0.15, 0.2) is 30.3 Å². The zero-order chi connectivity index (χ0) is 30.1. The molecule has 2 saturated heterocycles. The van der Waals surface area contributed by atoms with E-state index in [1.807, 2.05) is 30.3 Å². The van der Waals surface area contributed by atoms with Gasteiger partial charge in [-0.2, -0.15) is 5.26 Å². The van der Waals surface area contributed by atoms with Crippen LogP contribution in [-0.4, -0.2) is 70.2 Å². The Hall–Kier alpha value is -2.43.